The normalized spacial score (nSPS) is 20.9. The minimum Gasteiger partial charge on any atom is -0.381 e. The fraction of sp³-hybridized carbons (Fsp3) is 0.647. The number of hydrogen-bond donors (Lipinski definition) is 1. The van der Waals surface area contributed by atoms with E-state index in [2.05, 4.69) is 30.4 Å². The van der Waals surface area contributed by atoms with Crippen molar-refractivity contribution in [2.45, 2.75) is 45.4 Å². The highest BCUT2D eigenvalue weighted by Crippen LogP contribution is 2.30. The molecule has 1 aromatic carbocycles. The quantitative estimate of drug-likeness (QED) is 0.895. The molecule has 3 rings (SSSR count). The lowest BCUT2D eigenvalue weighted by Gasteiger charge is -2.27. The second-order valence-electron chi connectivity index (χ2n) is 5.92. The van der Waals surface area contributed by atoms with Crippen molar-refractivity contribution in [1.29, 1.82) is 0 Å². The molecule has 0 aromatic heterocycles. The highest BCUT2D eigenvalue weighted by molar-refractivity contribution is 5.34. The summed E-state index contributed by atoms with van der Waals surface area (Å²) in [6.07, 6.45) is 3.63. The Morgan fingerprint density at radius 2 is 1.95 bits per heavy atom. The minimum absolute atomic E-state index is 0.467. The van der Waals surface area contributed by atoms with Gasteiger partial charge in [-0.05, 0) is 48.4 Å². The predicted molar refractivity (Wildman–Crippen MR) is 79.5 cm³/mol. The Labute approximate surface area is 121 Å². The summed E-state index contributed by atoms with van der Waals surface area (Å²) in [7, 11) is 0. The van der Waals surface area contributed by atoms with Gasteiger partial charge in [-0.1, -0.05) is 25.1 Å². The molecule has 2 aliphatic rings. The van der Waals surface area contributed by atoms with Crippen LogP contribution in [0.3, 0.4) is 0 Å². The zero-order chi connectivity index (χ0) is 13.8. The van der Waals surface area contributed by atoms with E-state index in [1.807, 2.05) is 0 Å². The molecular weight excluding hydrogens is 250 g/mol. The number of hydrogen-bond acceptors (Lipinski definition) is 3. The number of fused-ring (bicyclic) bond motifs is 1. The number of ether oxygens (including phenoxy) is 2. The molecule has 0 spiro atoms. The molecule has 0 radical (unpaired) electrons. The molecule has 1 unspecified atom stereocenters. The molecule has 0 amide bonds. The molecule has 110 valence electrons. The second kappa shape index (κ2) is 6.70. The third-order valence-electron chi connectivity index (χ3n) is 4.51. The molecule has 1 fully saturated rings. The van der Waals surface area contributed by atoms with E-state index in [9.17, 15) is 0 Å². The Morgan fingerprint density at radius 3 is 2.75 bits per heavy atom. The van der Waals surface area contributed by atoms with Crippen LogP contribution in [0.1, 0.15) is 48.9 Å². The van der Waals surface area contributed by atoms with Gasteiger partial charge in [0.15, 0.2) is 0 Å². The molecular formula is C17H25NO2. The van der Waals surface area contributed by atoms with Gasteiger partial charge in [-0.15, -0.1) is 0 Å². The van der Waals surface area contributed by atoms with Gasteiger partial charge in [0.05, 0.1) is 13.2 Å². The molecule has 1 saturated heterocycles. The van der Waals surface area contributed by atoms with Gasteiger partial charge in [-0.2, -0.15) is 0 Å². The van der Waals surface area contributed by atoms with Gasteiger partial charge in [0, 0.05) is 19.3 Å². The van der Waals surface area contributed by atoms with Crippen LogP contribution in [0.4, 0.5) is 0 Å². The Bertz CT molecular complexity index is 441. The fourth-order valence-corrected chi connectivity index (χ4v) is 3.31. The zero-order valence-electron chi connectivity index (χ0n) is 12.4. The smallest absolute Gasteiger partial charge is 0.0725 e. The van der Waals surface area contributed by atoms with Crippen LogP contribution in [0.15, 0.2) is 18.2 Å². The SMILES string of the molecule is CCNC(CC1CCOCC1)c1ccc2c(c1)COC2. The molecule has 1 N–H and O–H groups in total. The van der Waals surface area contributed by atoms with E-state index in [1.165, 1.54) is 36.0 Å². The van der Waals surface area contributed by atoms with Crippen LogP contribution in [0.25, 0.3) is 0 Å². The summed E-state index contributed by atoms with van der Waals surface area (Å²) >= 11 is 0. The van der Waals surface area contributed by atoms with Crippen molar-refractivity contribution in [3.8, 4) is 0 Å². The van der Waals surface area contributed by atoms with Crippen LogP contribution in [0.2, 0.25) is 0 Å². The van der Waals surface area contributed by atoms with E-state index in [4.69, 9.17) is 9.47 Å². The molecule has 0 bridgehead atoms. The van der Waals surface area contributed by atoms with Crippen LogP contribution in [-0.4, -0.2) is 19.8 Å². The number of benzene rings is 1. The first-order chi connectivity index (χ1) is 9.86. The van der Waals surface area contributed by atoms with E-state index in [1.54, 1.807) is 0 Å². The van der Waals surface area contributed by atoms with Gasteiger partial charge >= 0.3 is 0 Å². The molecule has 20 heavy (non-hydrogen) atoms. The number of nitrogens with one attached hydrogen (secondary N) is 1. The van der Waals surface area contributed by atoms with Crippen molar-refractivity contribution >= 4 is 0 Å². The molecule has 1 atom stereocenters. The van der Waals surface area contributed by atoms with Crippen LogP contribution < -0.4 is 5.32 Å². The first kappa shape index (κ1) is 14.1. The topological polar surface area (TPSA) is 30.5 Å². The van der Waals surface area contributed by atoms with Crippen LogP contribution in [0.5, 0.6) is 0 Å². The van der Waals surface area contributed by atoms with Gasteiger partial charge in [-0.3, -0.25) is 0 Å². The molecule has 3 nitrogen and oxygen atoms in total. The summed E-state index contributed by atoms with van der Waals surface area (Å²) in [5.74, 6) is 0.789. The van der Waals surface area contributed by atoms with Crippen LogP contribution in [0, 0.1) is 5.92 Å². The molecule has 2 heterocycles. The maximum absolute atomic E-state index is 5.52. The summed E-state index contributed by atoms with van der Waals surface area (Å²) in [6.45, 7) is 6.62. The summed E-state index contributed by atoms with van der Waals surface area (Å²) in [5, 5.41) is 3.66. The van der Waals surface area contributed by atoms with E-state index in [-0.39, 0.29) is 0 Å². The Kier molecular flexibility index (Phi) is 4.71. The molecule has 2 aliphatic heterocycles. The zero-order valence-corrected chi connectivity index (χ0v) is 12.4. The highest BCUT2D eigenvalue weighted by Gasteiger charge is 2.21. The van der Waals surface area contributed by atoms with Crippen molar-refractivity contribution in [3.05, 3.63) is 34.9 Å². The summed E-state index contributed by atoms with van der Waals surface area (Å²) < 4.78 is 11.0. The molecule has 0 aliphatic carbocycles. The number of rotatable bonds is 5. The average Bonchev–Trinajstić information content (AvgIpc) is 2.95. The lowest BCUT2D eigenvalue weighted by atomic mass is 9.88. The van der Waals surface area contributed by atoms with Crippen molar-refractivity contribution in [1.82, 2.24) is 5.32 Å². The lowest BCUT2D eigenvalue weighted by Crippen LogP contribution is -2.26. The van der Waals surface area contributed by atoms with Crippen molar-refractivity contribution in [3.63, 3.8) is 0 Å². The van der Waals surface area contributed by atoms with Crippen LogP contribution in [-0.2, 0) is 22.7 Å². The first-order valence-electron chi connectivity index (χ1n) is 7.87. The Morgan fingerprint density at radius 1 is 1.15 bits per heavy atom. The predicted octanol–water partition coefficient (Wildman–Crippen LogP) is 3.18. The third kappa shape index (κ3) is 3.22. The van der Waals surface area contributed by atoms with E-state index in [0.29, 0.717) is 6.04 Å². The summed E-state index contributed by atoms with van der Waals surface area (Å²) in [6, 6.07) is 7.33. The van der Waals surface area contributed by atoms with E-state index >= 15 is 0 Å². The summed E-state index contributed by atoms with van der Waals surface area (Å²) in [4.78, 5) is 0. The van der Waals surface area contributed by atoms with Gasteiger partial charge < -0.3 is 14.8 Å². The first-order valence-corrected chi connectivity index (χ1v) is 7.87. The fourth-order valence-electron chi connectivity index (χ4n) is 3.31. The maximum atomic E-state index is 5.52. The monoisotopic (exact) mass is 275 g/mol. The van der Waals surface area contributed by atoms with Gasteiger partial charge in [0.2, 0.25) is 0 Å². The molecule has 0 saturated carbocycles. The minimum atomic E-state index is 0.467. The van der Waals surface area contributed by atoms with Gasteiger partial charge in [0.1, 0.15) is 0 Å². The Hall–Kier alpha value is -0.900. The maximum Gasteiger partial charge on any atom is 0.0725 e. The molecule has 1 aromatic rings. The highest BCUT2D eigenvalue weighted by atomic mass is 16.5. The van der Waals surface area contributed by atoms with Gasteiger partial charge in [-0.25, -0.2) is 0 Å². The second-order valence-corrected chi connectivity index (χ2v) is 5.92. The third-order valence-corrected chi connectivity index (χ3v) is 4.51. The lowest BCUT2D eigenvalue weighted by molar-refractivity contribution is 0.0606. The van der Waals surface area contributed by atoms with E-state index in [0.717, 1.165) is 38.9 Å². The summed E-state index contributed by atoms with van der Waals surface area (Å²) in [5.41, 5.74) is 4.15. The van der Waals surface area contributed by atoms with E-state index < -0.39 is 0 Å². The standard InChI is InChI=1S/C17H25NO2/c1-2-18-17(9-13-5-7-19-8-6-13)14-3-4-15-11-20-12-16(15)10-14/h3-4,10,13,17-18H,2,5-9,11-12H2,1H3. The van der Waals surface area contributed by atoms with Gasteiger partial charge in [0.25, 0.3) is 0 Å². The van der Waals surface area contributed by atoms with Crippen LogP contribution >= 0.6 is 0 Å². The van der Waals surface area contributed by atoms with Crippen molar-refractivity contribution in [2.24, 2.45) is 5.92 Å². The average molecular weight is 275 g/mol. The van der Waals surface area contributed by atoms with Crippen molar-refractivity contribution < 1.29 is 9.47 Å². The molecule has 3 heteroatoms. The Balaban J connectivity index is 1.72. The largest absolute Gasteiger partial charge is 0.381 e. The van der Waals surface area contributed by atoms with Crippen molar-refractivity contribution in [2.75, 3.05) is 19.8 Å².